The van der Waals surface area contributed by atoms with Gasteiger partial charge in [0, 0.05) is 41.1 Å². The Morgan fingerprint density at radius 2 is 1.77 bits per heavy atom. The van der Waals surface area contributed by atoms with Crippen LogP contribution < -0.4 is 9.80 Å². The van der Waals surface area contributed by atoms with Gasteiger partial charge in [-0.05, 0) is 55.8 Å². The molecule has 0 aromatic heterocycles. The highest BCUT2D eigenvalue weighted by Gasteiger charge is 2.37. The van der Waals surface area contributed by atoms with Gasteiger partial charge in [0.2, 0.25) is 5.96 Å². The quantitative estimate of drug-likeness (QED) is 0.590. The molecule has 26 heavy (non-hydrogen) atoms. The van der Waals surface area contributed by atoms with Crippen molar-refractivity contribution in [2.75, 3.05) is 23.9 Å². The number of rotatable bonds is 3. The SMILES string of the molecule is C/C=C/C1(CC)N=C(N(C)c2ccc(Cl)cc2)N(C)c2ccc(Cl)cc21. The summed E-state index contributed by atoms with van der Waals surface area (Å²) in [4.78, 5) is 9.37. The van der Waals surface area contributed by atoms with Crippen LogP contribution in [0, 0.1) is 0 Å². The van der Waals surface area contributed by atoms with Crippen molar-refractivity contribution in [3.05, 3.63) is 70.2 Å². The van der Waals surface area contributed by atoms with Crippen LogP contribution in [-0.4, -0.2) is 20.1 Å². The van der Waals surface area contributed by atoms with E-state index in [4.69, 9.17) is 28.2 Å². The van der Waals surface area contributed by atoms with E-state index in [1.54, 1.807) is 0 Å². The highest BCUT2D eigenvalue weighted by atomic mass is 35.5. The lowest BCUT2D eigenvalue weighted by molar-refractivity contribution is 0.534. The maximum atomic E-state index is 6.30. The van der Waals surface area contributed by atoms with Crippen LogP contribution in [0.5, 0.6) is 0 Å². The molecular formula is C21H23Cl2N3. The fraction of sp³-hybridized carbons (Fsp3) is 0.286. The largest absolute Gasteiger partial charge is 0.315 e. The number of nitrogens with zero attached hydrogens (tertiary/aromatic N) is 3. The molecule has 1 heterocycles. The summed E-state index contributed by atoms with van der Waals surface area (Å²) in [5.41, 5.74) is 2.83. The van der Waals surface area contributed by atoms with E-state index in [0.717, 1.165) is 39.4 Å². The molecule has 0 fully saturated rings. The summed E-state index contributed by atoms with van der Waals surface area (Å²) in [5, 5.41) is 1.45. The van der Waals surface area contributed by atoms with Crippen LogP contribution in [0.3, 0.4) is 0 Å². The molecule has 0 N–H and O–H groups in total. The zero-order valence-corrected chi connectivity index (χ0v) is 17.0. The topological polar surface area (TPSA) is 18.8 Å². The molecule has 1 unspecified atom stereocenters. The molecular weight excluding hydrogens is 365 g/mol. The van der Waals surface area contributed by atoms with E-state index >= 15 is 0 Å². The molecule has 2 aromatic rings. The molecule has 0 saturated carbocycles. The first-order valence-corrected chi connectivity index (χ1v) is 9.44. The summed E-state index contributed by atoms with van der Waals surface area (Å²) in [7, 11) is 4.06. The maximum absolute atomic E-state index is 6.30. The van der Waals surface area contributed by atoms with Crippen molar-refractivity contribution in [1.29, 1.82) is 0 Å². The van der Waals surface area contributed by atoms with E-state index in [2.05, 4.69) is 34.9 Å². The van der Waals surface area contributed by atoms with Crippen LogP contribution in [0.2, 0.25) is 10.0 Å². The second-order valence-corrected chi connectivity index (χ2v) is 7.32. The first kappa shape index (κ1) is 18.8. The van der Waals surface area contributed by atoms with E-state index in [0.29, 0.717) is 0 Å². The number of benzene rings is 2. The van der Waals surface area contributed by atoms with Gasteiger partial charge in [-0.25, -0.2) is 4.99 Å². The normalized spacial score (nSPS) is 19.5. The van der Waals surface area contributed by atoms with Crippen LogP contribution in [0.15, 0.2) is 59.6 Å². The van der Waals surface area contributed by atoms with Crippen molar-refractivity contribution < 1.29 is 0 Å². The van der Waals surface area contributed by atoms with E-state index in [-0.39, 0.29) is 0 Å². The third kappa shape index (κ3) is 3.22. The van der Waals surface area contributed by atoms with Crippen molar-refractivity contribution in [3.63, 3.8) is 0 Å². The first-order chi connectivity index (χ1) is 12.4. The van der Waals surface area contributed by atoms with Crippen molar-refractivity contribution in [1.82, 2.24) is 0 Å². The zero-order chi connectivity index (χ0) is 18.9. The number of fused-ring (bicyclic) bond motifs is 1. The first-order valence-electron chi connectivity index (χ1n) is 8.68. The minimum atomic E-state index is -0.433. The Labute approximate surface area is 165 Å². The van der Waals surface area contributed by atoms with Gasteiger partial charge in [-0.2, -0.15) is 0 Å². The van der Waals surface area contributed by atoms with Gasteiger partial charge in [0.25, 0.3) is 0 Å². The van der Waals surface area contributed by atoms with E-state index in [1.165, 1.54) is 0 Å². The predicted octanol–water partition coefficient (Wildman–Crippen LogP) is 6.12. The minimum Gasteiger partial charge on any atom is -0.315 e. The lowest BCUT2D eigenvalue weighted by Crippen LogP contribution is -2.46. The highest BCUT2D eigenvalue weighted by Crippen LogP contribution is 2.43. The summed E-state index contributed by atoms with van der Waals surface area (Å²) in [6.07, 6.45) is 5.06. The molecule has 1 aliphatic rings. The van der Waals surface area contributed by atoms with Crippen molar-refractivity contribution in [2.24, 2.45) is 4.99 Å². The number of hydrogen-bond donors (Lipinski definition) is 0. The molecule has 0 bridgehead atoms. The molecule has 3 nitrogen and oxygen atoms in total. The third-order valence-corrected chi connectivity index (χ3v) is 5.37. The van der Waals surface area contributed by atoms with Gasteiger partial charge in [0.15, 0.2) is 0 Å². The Bertz CT molecular complexity index is 858. The third-order valence-electron chi connectivity index (χ3n) is 4.88. The summed E-state index contributed by atoms with van der Waals surface area (Å²) >= 11 is 12.3. The highest BCUT2D eigenvalue weighted by molar-refractivity contribution is 6.31. The van der Waals surface area contributed by atoms with Crippen LogP contribution >= 0.6 is 23.2 Å². The standard InChI is InChI=1S/C21H23Cl2N3/c1-5-13-21(6-2)18-14-16(23)9-12-19(18)26(4)20(24-21)25(3)17-10-7-15(22)8-11-17/h5,7-14H,6H2,1-4H3/b13-5+. The van der Waals surface area contributed by atoms with Crippen LogP contribution in [0.1, 0.15) is 25.8 Å². The van der Waals surface area contributed by atoms with Gasteiger partial charge >= 0.3 is 0 Å². The average molecular weight is 388 g/mol. The number of anilines is 2. The van der Waals surface area contributed by atoms with Gasteiger partial charge in [0.1, 0.15) is 5.54 Å². The summed E-state index contributed by atoms with van der Waals surface area (Å²) in [6.45, 7) is 4.18. The molecule has 0 radical (unpaired) electrons. The smallest absolute Gasteiger partial charge is 0.206 e. The molecule has 0 saturated heterocycles. The van der Waals surface area contributed by atoms with Crippen LogP contribution in [-0.2, 0) is 5.54 Å². The maximum Gasteiger partial charge on any atom is 0.206 e. The Kier molecular flexibility index (Phi) is 5.31. The second-order valence-electron chi connectivity index (χ2n) is 6.45. The molecule has 1 atom stereocenters. The molecule has 0 aliphatic carbocycles. The molecule has 1 aliphatic heterocycles. The number of halogens is 2. The lowest BCUT2D eigenvalue weighted by Gasteiger charge is -2.41. The van der Waals surface area contributed by atoms with Crippen LogP contribution in [0.25, 0.3) is 0 Å². The zero-order valence-electron chi connectivity index (χ0n) is 15.5. The monoisotopic (exact) mass is 387 g/mol. The van der Waals surface area contributed by atoms with Crippen LogP contribution in [0.4, 0.5) is 11.4 Å². The minimum absolute atomic E-state index is 0.433. The molecule has 0 spiro atoms. The fourth-order valence-corrected chi connectivity index (χ4v) is 3.74. The number of allylic oxidation sites excluding steroid dienone is 1. The van der Waals surface area contributed by atoms with Crippen molar-refractivity contribution >= 4 is 40.5 Å². The summed E-state index contributed by atoms with van der Waals surface area (Å²) < 4.78 is 0. The second kappa shape index (κ2) is 7.34. The van der Waals surface area contributed by atoms with E-state index in [1.807, 2.05) is 57.4 Å². The fourth-order valence-electron chi connectivity index (χ4n) is 3.44. The Morgan fingerprint density at radius 1 is 1.12 bits per heavy atom. The van der Waals surface area contributed by atoms with Gasteiger partial charge in [0.05, 0.1) is 0 Å². The predicted molar refractivity (Wildman–Crippen MR) is 114 cm³/mol. The Hall–Kier alpha value is -1.97. The summed E-state index contributed by atoms with van der Waals surface area (Å²) in [5.74, 6) is 0.877. The Balaban J connectivity index is 2.17. The van der Waals surface area contributed by atoms with Crippen molar-refractivity contribution in [2.45, 2.75) is 25.8 Å². The molecule has 3 rings (SSSR count). The number of hydrogen-bond acceptors (Lipinski definition) is 3. The van der Waals surface area contributed by atoms with E-state index < -0.39 is 5.54 Å². The average Bonchev–Trinajstić information content (AvgIpc) is 2.64. The Morgan fingerprint density at radius 3 is 2.38 bits per heavy atom. The molecule has 2 aromatic carbocycles. The van der Waals surface area contributed by atoms with E-state index in [9.17, 15) is 0 Å². The van der Waals surface area contributed by atoms with Crippen molar-refractivity contribution in [3.8, 4) is 0 Å². The summed E-state index contributed by atoms with van der Waals surface area (Å²) in [6, 6.07) is 13.8. The molecule has 136 valence electrons. The van der Waals surface area contributed by atoms with Gasteiger partial charge in [-0.1, -0.05) is 42.3 Å². The molecule has 5 heteroatoms. The van der Waals surface area contributed by atoms with Gasteiger partial charge < -0.3 is 9.80 Å². The van der Waals surface area contributed by atoms with Gasteiger partial charge in [-0.15, -0.1) is 0 Å². The van der Waals surface area contributed by atoms with Gasteiger partial charge in [-0.3, -0.25) is 0 Å². The molecule has 0 amide bonds. The lowest BCUT2D eigenvalue weighted by atomic mass is 9.84. The number of guanidine groups is 1. The number of aliphatic imine (C=N–C) groups is 1.